The molecule has 4 heteroatoms. The summed E-state index contributed by atoms with van der Waals surface area (Å²) in [6, 6.07) is 8.56. The fourth-order valence-corrected chi connectivity index (χ4v) is 2.97. The molecule has 88 valence electrons. The van der Waals surface area contributed by atoms with Crippen LogP contribution < -0.4 is 0 Å². The Morgan fingerprint density at radius 2 is 2.18 bits per heavy atom. The maximum Gasteiger partial charge on any atom is 0.217 e. The molecule has 1 aromatic carbocycles. The van der Waals surface area contributed by atoms with E-state index in [0.717, 1.165) is 18.8 Å². The van der Waals surface area contributed by atoms with Gasteiger partial charge >= 0.3 is 0 Å². The van der Waals surface area contributed by atoms with Crippen LogP contribution in [0, 0.1) is 6.92 Å². The van der Waals surface area contributed by atoms with Gasteiger partial charge in [-0.3, -0.25) is 0 Å². The Morgan fingerprint density at radius 1 is 1.35 bits per heavy atom. The van der Waals surface area contributed by atoms with Gasteiger partial charge in [-0.2, -0.15) is 0 Å². The zero-order chi connectivity index (χ0) is 11.8. The van der Waals surface area contributed by atoms with Crippen LogP contribution in [0.3, 0.4) is 0 Å². The highest BCUT2D eigenvalue weighted by Crippen LogP contribution is 2.34. The highest BCUT2D eigenvalue weighted by atomic mass is 79.9. The van der Waals surface area contributed by atoms with E-state index in [0.29, 0.717) is 10.7 Å². The van der Waals surface area contributed by atoms with Crippen LogP contribution >= 0.6 is 15.9 Å². The summed E-state index contributed by atoms with van der Waals surface area (Å²) in [6.07, 6.45) is 2.33. The van der Waals surface area contributed by atoms with Gasteiger partial charge in [0.1, 0.15) is 5.82 Å². The fourth-order valence-electron chi connectivity index (χ4n) is 2.59. The van der Waals surface area contributed by atoms with Crippen molar-refractivity contribution >= 4 is 15.9 Å². The highest BCUT2D eigenvalue weighted by molar-refractivity contribution is 9.10. The van der Waals surface area contributed by atoms with Crippen molar-refractivity contribution in [1.29, 1.82) is 0 Å². The molecule has 0 amide bonds. The first-order chi connectivity index (χ1) is 8.25. The van der Waals surface area contributed by atoms with E-state index in [1.807, 2.05) is 4.68 Å². The van der Waals surface area contributed by atoms with Crippen molar-refractivity contribution in [3.63, 3.8) is 0 Å². The number of hydrogen-bond acceptors (Lipinski definition) is 2. The predicted octanol–water partition coefficient (Wildman–Crippen LogP) is 3.27. The zero-order valence-electron chi connectivity index (χ0n) is 9.73. The van der Waals surface area contributed by atoms with E-state index in [-0.39, 0.29) is 0 Å². The first-order valence-electron chi connectivity index (χ1n) is 5.91. The van der Waals surface area contributed by atoms with Gasteiger partial charge in [-0.25, -0.2) is 9.67 Å². The molecule has 0 aliphatic carbocycles. The summed E-state index contributed by atoms with van der Waals surface area (Å²) in [5.41, 5.74) is 2.72. The summed E-state index contributed by atoms with van der Waals surface area (Å²) in [4.78, 5) is 4.52. The molecular weight excluding hydrogens is 278 g/mol. The van der Waals surface area contributed by atoms with Gasteiger partial charge in [-0.15, -0.1) is 5.10 Å². The number of aryl methyl sites for hydroxylation is 2. The first kappa shape index (κ1) is 11.0. The third-order valence-electron chi connectivity index (χ3n) is 3.41. The number of nitrogens with zero attached hydrogens (tertiary/aromatic N) is 3. The average Bonchev–Trinajstić information content (AvgIpc) is 2.70. The molecule has 17 heavy (non-hydrogen) atoms. The SMILES string of the molecule is Cc1ccccc1C1CCCn2nc(Br)nc21. The Labute approximate surface area is 109 Å². The lowest BCUT2D eigenvalue weighted by atomic mass is 9.88. The maximum absolute atomic E-state index is 4.52. The van der Waals surface area contributed by atoms with E-state index in [2.05, 4.69) is 57.2 Å². The highest BCUT2D eigenvalue weighted by Gasteiger charge is 2.26. The Hall–Kier alpha value is -1.16. The first-order valence-corrected chi connectivity index (χ1v) is 6.71. The second-order valence-electron chi connectivity index (χ2n) is 4.51. The fraction of sp³-hybridized carbons (Fsp3) is 0.385. The summed E-state index contributed by atoms with van der Waals surface area (Å²) in [5, 5.41) is 4.38. The predicted molar refractivity (Wildman–Crippen MR) is 70.0 cm³/mol. The van der Waals surface area contributed by atoms with Crippen LogP contribution in [0.2, 0.25) is 0 Å². The van der Waals surface area contributed by atoms with Crippen molar-refractivity contribution in [2.75, 3.05) is 0 Å². The van der Waals surface area contributed by atoms with E-state index >= 15 is 0 Å². The van der Waals surface area contributed by atoms with E-state index in [1.54, 1.807) is 0 Å². The second-order valence-corrected chi connectivity index (χ2v) is 5.22. The van der Waals surface area contributed by atoms with Crippen LogP contribution in [-0.2, 0) is 6.54 Å². The lowest BCUT2D eigenvalue weighted by Crippen LogP contribution is -2.18. The Bertz CT molecular complexity index is 547. The van der Waals surface area contributed by atoms with E-state index < -0.39 is 0 Å². The minimum absolute atomic E-state index is 0.392. The normalized spacial score (nSPS) is 19.1. The lowest BCUT2D eigenvalue weighted by molar-refractivity contribution is 0.444. The molecule has 1 unspecified atom stereocenters. The van der Waals surface area contributed by atoms with Crippen LogP contribution in [0.4, 0.5) is 0 Å². The van der Waals surface area contributed by atoms with Crippen LogP contribution in [0.25, 0.3) is 0 Å². The number of halogens is 1. The smallest absolute Gasteiger partial charge is 0.217 e. The lowest BCUT2D eigenvalue weighted by Gasteiger charge is -2.23. The molecule has 2 heterocycles. The molecule has 0 saturated heterocycles. The minimum atomic E-state index is 0.392. The molecule has 3 rings (SSSR count). The van der Waals surface area contributed by atoms with Gasteiger partial charge in [0.25, 0.3) is 0 Å². The van der Waals surface area contributed by atoms with E-state index in [1.165, 1.54) is 17.5 Å². The molecule has 3 nitrogen and oxygen atoms in total. The van der Waals surface area contributed by atoms with E-state index in [9.17, 15) is 0 Å². The summed E-state index contributed by atoms with van der Waals surface area (Å²) >= 11 is 3.37. The largest absolute Gasteiger partial charge is 0.248 e. The summed E-state index contributed by atoms with van der Waals surface area (Å²) in [5.74, 6) is 1.49. The van der Waals surface area contributed by atoms with Gasteiger partial charge in [0, 0.05) is 12.5 Å². The molecule has 0 spiro atoms. The molecule has 0 bridgehead atoms. The van der Waals surface area contributed by atoms with Crippen molar-refractivity contribution < 1.29 is 0 Å². The molecule has 1 atom stereocenters. The van der Waals surface area contributed by atoms with Crippen LogP contribution in [0.1, 0.15) is 35.7 Å². The number of rotatable bonds is 1. The van der Waals surface area contributed by atoms with Crippen molar-refractivity contribution in [1.82, 2.24) is 14.8 Å². The molecular formula is C13H14BrN3. The average molecular weight is 292 g/mol. The van der Waals surface area contributed by atoms with Crippen molar-refractivity contribution in [2.45, 2.75) is 32.2 Å². The van der Waals surface area contributed by atoms with Gasteiger partial charge < -0.3 is 0 Å². The molecule has 2 aromatic rings. The molecule has 0 radical (unpaired) electrons. The molecule has 1 aromatic heterocycles. The number of fused-ring (bicyclic) bond motifs is 1. The van der Waals surface area contributed by atoms with Gasteiger partial charge in [0.05, 0.1) is 0 Å². The molecule has 0 N–H and O–H groups in total. The van der Waals surface area contributed by atoms with Gasteiger partial charge in [-0.05, 0) is 46.8 Å². The van der Waals surface area contributed by atoms with Crippen LogP contribution in [0.15, 0.2) is 29.0 Å². The number of aromatic nitrogens is 3. The maximum atomic E-state index is 4.52. The minimum Gasteiger partial charge on any atom is -0.248 e. The van der Waals surface area contributed by atoms with Crippen molar-refractivity contribution in [3.8, 4) is 0 Å². The third kappa shape index (κ3) is 1.90. The van der Waals surface area contributed by atoms with Crippen molar-refractivity contribution in [2.24, 2.45) is 0 Å². The monoisotopic (exact) mass is 291 g/mol. The molecule has 1 aliphatic heterocycles. The van der Waals surface area contributed by atoms with Gasteiger partial charge in [0.2, 0.25) is 4.73 Å². The third-order valence-corrected chi connectivity index (χ3v) is 3.75. The summed E-state index contributed by atoms with van der Waals surface area (Å²) in [7, 11) is 0. The van der Waals surface area contributed by atoms with Crippen LogP contribution in [-0.4, -0.2) is 14.8 Å². The number of hydrogen-bond donors (Lipinski definition) is 0. The van der Waals surface area contributed by atoms with Crippen molar-refractivity contribution in [3.05, 3.63) is 46.0 Å². The zero-order valence-corrected chi connectivity index (χ0v) is 11.3. The van der Waals surface area contributed by atoms with Gasteiger partial charge in [0.15, 0.2) is 0 Å². The Morgan fingerprint density at radius 3 is 3.00 bits per heavy atom. The summed E-state index contributed by atoms with van der Waals surface area (Å²) < 4.78 is 2.73. The second kappa shape index (κ2) is 4.26. The van der Waals surface area contributed by atoms with E-state index in [4.69, 9.17) is 0 Å². The Kier molecular flexibility index (Phi) is 2.74. The summed E-state index contributed by atoms with van der Waals surface area (Å²) in [6.45, 7) is 3.15. The quantitative estimate of drug-likeness (QED) is 0.807. The topological polar surface area (TPSA) is 30.7 Å². The van der Waals surface area contributed by atoms with Crippen LogP contribution in [0.5, 0.6) is 0 Å². The molecule has 0 fully saturated rings. The molecule has 0 saturated carbocycles. The molecule has 1 aliphatic rings. The standard InChI is InChI=1S/C13H14BrN3/c1-9-5-2-3-6-10(9)11-7-4-8-17-12(11)15-13(14)16-17/h2-3,5-6,11H,4,7-8H2,1H3. The number of benzene rings is 1. The van der Waals surface area contributed by atoms with Gasteiger partial charge in [-0.1, -0.05) is 24.3 Å². The Balaban J connectivity index is 2.09.